The van der Waals surface area contributed by atoms with Crippen molar-refractivity contribution in [3.8, 4) is 0 Å². The van der Waals surface area contributed by atoms with E-state index in [0.29, 0.717) is 17.3 Å². The van der Waals surface area contributed by atoms with Gasteiger partial charge in [0, 0.05) is 31.1 Å². The van der Waals surface area contributed by atoms with Crippen LogP contribution in [0.25, 0.3) is 0 Å². The summed E-state index contributed by atoms with van der Waals surface area (Å²) in [5.74, 6) is -1.04. The van der Waals surface area contributed by atoms with Crippen molar-refractivity contribution in [2.24, 2.45) is 0 Å². The molecule has 2 aromatic carbocycles. The van der Waals surface area contributed by atoms with Gasteiger partial charge < -0.3 is 10.2 Å². The lowest BCUT2D eigenvalue weighted by molar-refractivity contribution is -0.140. The van der Waals surface area contributed by atoms with Crippen LogP contribution in [0.2, 0.25) is 5.02 Å². The number of nitrogens with zero attached hydrogens (tertiary/aromatic N) is 2. The molecule has 0 aliphatic heterocycles. The minimum Gasteiger partial charge on any atom is -0.355 e. The fraction of sp³-hybridized carbons (Fsp3) is 0.391. The minimum atomic E-state index is -3.63. The molecule has 0 spiro atoms. The topological polar surface area (TPSA) is 86.8 Å². The van der Waals surface area contributed by atoms with E-state index >= 15 is 0 Å². The third-order valence-corrected chi connectivity index (χ3v) is 6.46. The number of benzene rings is 2. The summed E-state index contributed by atoms with van der Waals surface area (Å²) in [4.78, 5) is 27.0. The van der Waals surface area contributed by atoms with Gasteiger partial charge in [-0.05, 0) is 62.2 Å². The molecular weight excluding hydrogens is 469 g/mol. The molecule has 0 aromatic heterocycles. The first-order chi connectivity index (χ1) is 15.5. The first-order valence-electron chi connectivity index (χ1n) is 10.6. The van der Waals surface area contributed by atoms with Crippen molar-refractivity contribution in [2.45, 2.75) is 39.3 Å². The van der Waals surface area contributed by atoms with E-state index in [9.17, 15) is 22.4 Å². The van der Waals surface area contributed by atoms with Crippen LogP contribution in [0.1, 0.15) is 32.3 Å². The first kappa shape index (κ1) is 26.6. The molecule has 180 valence electrons. The Bertz CT molecular complexity index is 1060. The summed E-state index contributed by atoms with van der Waals surface area (Å²) < 4.78 is 38.8. The lowest BCUT2D eigenvalue weighted by atomic mass is 10.1. The zero-order valence-corrected chi connectivity index (χ0v) is 20.5. The molecule has 2 aromatic rings. The van der Waals surface area contributed by atoms with Crippen LogP contribution in [0.5, 0.6) is 0 Å². The van der Waals surface area contributed by atoms with Crippen molar-refractivity contribution < 1.29 is 22.4 Å². The molecule has 0 fully saturated rings. The molecule has 0 radical (unpaired) electrons. The number of carbonyl (C=O) groups excluding carboxylic acids is 2. The Morgan fingerprint density at radius 3 is 2.39 bits per heavy atom. The Kier molecular flexibility index (Phi) is 9.67. The van der Waals surface area contributed by atoms with Crippen LogP contribution in [0, 0.1) is 5.82 Å². The molecular formula is C23H29ClFN3O4S. The van der Waals surface area contributed by atoms with Crippen LogP contribution >= 0.6 is 11.6 Å². The number of anilines is 1. The van der Waals surface area contributed by atoms with Crippen LogP contribution in [0.3, 0.4) is 0 Å². The van der Waals surface area contributed by atoms with Crippen molar-refractivity contribution >= 4 is 39.1 Å². The smallest absolute Gasteiger partial charge is 0.242 e. The summed E-state index contributed by atoms with van der Waals surface area (Å²) >= 11 is 6.06. The maximum atomic E-state index is 13.2. The number of rotatable bonds is 11. The third-order valence-electron chi connectivity index (χ3n) is 5.03. The maximum Gasteiger partial charge on any atom is 0.242 e. The number of sulfonamides is 1. The molecule has 2 rings (SSSR count). The normalized spacial score (nSPS) is 12.2. The predicted molar refractivity (Wildman–Crippen MR) is 128 cm³/mol. The van der Waals surface area contributed by atoms with E-state index in [0.717, 1.165) is 16.1 Å². The van der Waals surface area contributed by atoms with Crippen LogP contribution in [-0.2, 0) is 26.2 Å². The molecule has 0 aliphatic rings. The highest BCUT2D eigenvalue weighted by Crippen LogP contribution is 2.20. The quantitative estimate of drug-likeness (QED) is 0.514. The van der Waals surface area contributed by atoms with E-state index in [1.165, 1.54) is 29.2 Å². The van der Waals surface area contributed by atoms with Gasteiger partial charge in [-0.1, -0.05) is 23.7 Å². The predicted octanol–water partition coefficient (Wildman–Crippen LogP) is 3.58. The van der Waals surface area contributed by atoms with Crippen molar-refractivity contribution in [2.75, 3.05) is 23.7 Å². The van der Waals surface area contributed by atoms with Gasteiger partial charge in [0.15, 0.2) is 0 Å². The zero-order valence-electron chi connectivity index (χ0n) is 18.9. The summed E-state index contributed by atoms with van der Waals surface area (Å²) in [6, 6.07) is 11.4. The summed E-state index contributed by atoms with van der Waals surface area (Å²) in [6.07, 6.45) is 1.30. The van der Waals surface area contributed by atoms with Gasteiger partial charge in [-0.2, -0.15) is 0 Å². The van der Waals surface area contributed by atoms with Crippen LogP contribution in [-0.4, -0.2) is 50.5 Å². The van der Waals surface area contributed by atoms with Gasteiger partial charge in [0.05, 0.1) is 11.9 Å². The summed E-state index contributed by atoms with van der Waals surface area (Å²) in [6.45, 7) is 4.10. The minimum absolute atomic E-state index is 0.0253. The number of likely N-dealkylation sites (N-methyl/N-ethyl adjacent to an activating group) is 1. The molecule has 0 bridgehead atoms. The highest BCUT2D eigenvalue weighted by atomic mass is 35.5. The van der Waals surface area contributed by atoms with E-state index in [-0.39, 0.29) is 37.7 Å². The van der Waals surface area contributed by atoms with Gasteiger partial charge in [-0.3, -0.25) is 13.9 Å². The molecule has 1 atom stereocenters. The number of hydrogen-bond donors (Lipinski definition) is 1. The maximum absolute atomic E-state index is 13.2. The standard InChI is InChI=1S/C23H29ClFN3O4S/c1-4-26-23(30)17(2)27(16-18-7-5-8-19(24)15-18)22(29)9-6-14-28(33(3,31)32)21-12-10-20(25)11-13-21/h5,7-8,10-13,15,17H,4,6,9,14,16H2,1-3H3,(H,26,30)/t17-/m1/s1. The van der Waals surface area contributed by atoms with Crippen LogP contribution < -0.4 is 9.62 Å². The highest BCUT2D eigenvalue weighted by molar-refractivity contribution is 7.92. The van der Waals surface area contributed by atoms with Gasteiger partial charge in [0.25, 0.3) is 0 Å². The van der Waals surface area contributed by atoms with Gasteiger partial charge in [0.2, 0.25) is 21.8 Å². The lowest BCUT2D eigenvalue weighted by Gasteiger charge is -2.29. The fourth-order valence-electron chi connectivity index (χ4n) is 3.35. The van der Waals surface area contributed by atoms with Crippen molar-refractivity contribution in [3.05, 3.63) is 64.9 Å². The molecule has 10 heteroatoms. The SMILES string of the molecule is CCNC(=O)[C@@H](C)N(Cc1cccc(Cl)c1)C(=O)CCCN(c1ccc(F)cc1)S(C)(=O)=O. The molecule has 33 heavy (non-hydrogen) atoms. The van der Waals surface area contributed by atoms with Gasteiger partial charge in [-0.25, -0.2) is 12.8 Å². The molecule has 7 nitrogen and oxygen atoms in total. The largest absolute Gasteiger partial charge is 0.355 e. The Hall–Kier alpha value is -2.65. The average Bonchev–Trinajstić information content (AvgIpc) is 2.74. The van der Waals surface area contributed by atoms with E-state index in [4.69, 9.17) is 11.6 Å². The van der Waals surface area contributed by atoms with E-state index in [1.807, 2.05) is 6.07 Å². The number of nitrogens with one attached hydrogen (secondary N) is 1. The Labute approximate surface area is 199 Å². The van der Waals surface area contributed by atoms with E-state index in [2.05, 4.69) is 5.32 Å². The average molecular weight is 498 g/mol. The summed E-state index contributed by atoms with van der Waals surface area (Å²) in [7, 11) is -3.63. The highest BCUT2D eigenvalue weighted by Gasteiger charge is 2.26. The van der Waals surface area contributed by atoms with E-state index in [1.54, 1.807) is 32.0 Å². The Morgan fingerprint density at radius 1 is 1.15 bits per heavy atom. The molecule has 1 N–H and O–H groups in total. The van der Waals surface area contributed by atoms with Gasteiger partial charge >= 0.3 is 0 Å². The first-order valence-corrected chi connectivity index (χ1v) is 12.8. The lowest BCUT2D eigenvalue weighted by Crippen LogP contribution is -2.47. The van der Waals surface area contributed by atoms with Crippen molar-refractivity contribution in [3.63, 3.8) is 0 Å². The molecule has 0 unspecified atom stereocenters. The second-order valence-corrected chi connectivity index (χ2v) is 9.98. The molecule has 0 saturated heterocycles. The number of hydrogen-bond acceptors (Lipinski definition) is 4. The fourth-order valence-corrected chi connectivity index (χ4v) is 4.53. The van der Waals surface area contributed by atoms with Gasteiger partial charge in [-0.15, -0.1) is 0 Å². The summed E-state index contributed by atoms with van der Waals surface area (Å²) in [5.41, 5.74) is 1.09. The molecule has 0 heterocycles. The van der Waals surface area contributed by atoms with E-state index < -0.39 is 21.9 Å². The van der Waals surface area contributed by atoms with Crippen LogP contribution in [0.15, 0.2) is 48.5 Å². The number of carbonyl (C=O) groups is 2. The summed E-state index contributed by atoms with van der Waals surface area (Å²) in [5, 5.41) is 3.24. The Morgan fingerprint density at radius 2 is 1.82 bits per heavy atom. The second-order valence-electron chi connectivity index (χ2n) is 7.64. The number of amides is 2. The third kappa shape index (κ3) is 8.01. The van der Waals surface area contributed by atoms with Gasteiger partial charge in [0.1, 0.15) is 11.9 Å². The molecule has 2 amide bonds. The zero-order chi connectivity index (χ0) is 24.6. The second kappa shape index (κ2) is 12.0. The molecule has 0 saturated carbocycles. The van der Waals surface area contributed by atoms with Crippen molar-refractivity contribution in [1.29, 1.82) is 0 Å². The monoisotopic (exact) mass is 497 g/mol. The van der Waals surface area contributed by atoms with Crippen LogP contribution in [0.4, 0.5) is 10.1 Å². The van der Waals surface area contributed by atoms with Crippen molar-refractivity contribution in [1.82, 2.24) is 10.2 Å². The molecule has 0 aliphatic carbocycles. The Balaban J connectivity index is 2.14. The number of halogens is 2.